The molecule has 0 aromatic carbocycles. The van der Waals surface area contributed by atoms with Gasteiger partial charge >= 0.3 is 5.97 Å². The molecule has 0 saturated heterocycles. The van der Waals surface area contributed by atoms with Gasteiger partial charge in [-0.15, -0.1) is 0 Å². The van der Waals surface area contributed by atoms with Crippen LogP contribution in [0.15, 0.2) is 12.7 Å². The number of carbonyl (C=O) groups excluding carboxylic acids is 1. The van der Waals surface area contributed by atoms with Gasteiger partial charge in [0.2, 0.25) is 0 Å². The molecule has 0 atom stereocenters. The van der Waals surface area contributed by atoms with E-state index < -0.39 is 5.60 Å². The monoisotopic (exact) mass is 167 g/mol. The van der Waals surface area contributed by atoms with Gasteiger partial charge in [0.1, 0.15) is 5.60 Å². The van der Waals surface area contributed by atoms with Crippen LogP contribution in [-0.4, -0.2) is 63.0 Å². The van der Waals surface area contributed by atoms with Gasteiger partial charge in [-0.2, -0.15) is 0 Å². The minimum atomic E-state index is -0.398. The summed E-state index contributed by atoms with van der Waals surface area (Å²) in [5, 5.41) is 0. The van der Waals surface area contributed by atoms with Crippen molar-refractivity contribution < 1.29 is 9.53 Å². The Bertz CT molecular complexity index is 124. The summed E-state index contributed by atoms with van der Waals surface area (Å²) in [4.78, 5) is 10.5. The first-order valence-corrected chi connectivity index (χ1v) is 2.81. The third-order valence-corrected chi connectivity index (χ3v) is 0.573. The zero-order valence-corrected chi connectivity index (χ0v) is 10.2. The van der Waals surface area contributed by atoms with Crippen molar-refractivity contribution in [1.82, 2.24) is 0 Å². The van der Waals surface area contributed by atoms with Gasteiger partial charge in [0.05, 0.1) is 0 Å². The van der Waals surface area contributed by atoms with Crippen molar-refractivity contribution in [2.75, 3.05) is 0 Å². The fraction of sp³-hybridized carbons (Fsp3) is 0.571. The fourth-order valence-corrected chi connectivity index (χ4v) is 0.343. The van der Waals surface area contributed by atoms with Gasteiger partial charge in [-0.1, -0.05) is 6.58 Å². The summed E-state index contributed by atoms with van der Waals surface area (Å²) in [7, 11) is 0. The van der Waals surface area contributed by atoms with E-state index in [1.807, 2.05) is 20.8 Å². The van der Waals surface area contributed by atoms with Crippen LogP contribution in [0.4, 0.5) is 0 Å². The average Bonchev–Trinajstić information content (AvgIpc) is 1.62. The van der Waals surface area contributed by atoms with Crippen LogP contribution in [0.3, 0.4) is 0 Å². The second-order valence-electron chi connectivity index (χ2n) is 2.74. The molecule has 0 aromatic heterocycles. The summed E-state index contributed by atoms with van der Waals surface area (Å²) in [5.41, 5.74) is -0.398. The molecule has 10 heavy (non-hydrogen) atoms. The average molecular weight is 167 g/mol. The van der Waals surface area contributed by atoms with E-state index in [-0.39, 0.29) is 57.4 Å². The molecule has 2 nitrogen and oxygen atoms in total. The van der Waals surface area contributed by atoms with Crippen LogP contribution >= 0.6 is 0 Å². The topological polar surface area (TPSA) is 26.3 Å². The Balaban J connectivity index is 0. The Morgan fingerprint density at radius 2 is 1.90 bits per heavy atom. The Labute approximate surface area is 104 Å². The van der Waals surface area contributed by atoms with Crippen molar-refractivity contribution in [3.8, 4) is 0 Å². The summed E-state index contributed by atoms with van der Waals surface area (Å²) >= 11 is 0. The standard InChI is InChI=1S/C7H12O2.K/c1-5-6(8)9-7(2,3)4;/h5H,1H2,2-4H3;. The molecule has 0 heterocycles. The van der Waals surface area contributed by atoms with Crippen LogP contribution in [0.25, 0.3) is 0 Å². The minimum absolute atomic E-state index is 0. The van der Waals surface area contributed by atoms with Crippen molar-refractivity contribution in [2.24, 2.45) is 0 Å². The van der Waals surface area contributed by atoms with Gasteiger partial charge in [-0.3, -0.25) is 0 Å². The third-order valence-electron chi connectivity index (χ3n) is 0.573. The second kappa shape index (κ2) is 5.49. The van der Waals surface area contributed by atoms with Crippen LogP contribution < -0.4 is 0 Å². The summed E-state index contributed by atoms with van der Waals surface area (Å²) < 4.78 is 4.83. The molecule has 0 aliphatic heterocycles. The Morgan fingerprint density at radius 3 is 2.00 bits per heavy atom. The van der Waals surface area contributed by atoms with Crippen LogP contribution in [0.2, 0.25) is 0 Å². The molecule has 0 amide bonds. The number of carbonyl (C=O) groups is 1. The maximum absolute atomic E-state index is 10.5. The molecule has 0 aromatic rings. The number of rotatable bonds is 1. The van der Waals surface area contributed by atoms with Crippen molar-refractivity contribution in [3.63, 3.8) is 0 Å². The number of hydrogen-bond donors (Lipinski definition) is 0. The predicted molar refractivity (Wildman–Crippen MR) is 41.8 cm³/mol. The van der Waals surface area contributed by atoms with E-state index in [2.05, 4.69) is 6.58 Å². The van der Waals surface area contributed by atoms with Gasteiger partial charge in [0.25, 0.3) is 0 Å². The minimum Gasteiger partial charge on any atom is -0.457 e. The molecule has 0 fully saturated rings. The summed E-state index contributed by atoms with van der Waals surface area (Å²) in [5.74, 6) is -0.373. The molecule has 0 N–H and O–H groups in total. The molecular weight excluding hydrogens is 155 g/mol. The normalized spacial score (nSPS) is 9.50. The van der Waals surface area contributed by atoms with E-state index in [9.17, 15) is 4.79 Å². The van der Waals surface area contributed by atoms with Gasteiger partial charge in [0.15, 0.2) is 0 Å². The van der Waals surface area contributed by atoms with E-state index in [4.69, 9.17) is 4.74 Å². The molecule has 3 heteroatoms. The summed E-state index contributed by atoms with van der Waals surface area (Å²) in [6, 6.07) is 0. The number of ether oxygens (including phenoxy) is 1. The van der Waals surface area contributed by atoms with Crippen LogP contribution in [-0.2, 0) is 9.53 Å². The van der Waals surface area contributed by atoms with E-state index in [1.54, 1.807) is 0 Å². The zero-order chi connectivity index (χ0) is 7.49. The van der Waals surface area contributed by atoms with Crippen molar-refractivity contribution in [2.45, 2.75) is 26.4 Å². The van der Waals surface area contributed by atoms with Gasteiger partial charge in [0, 0.05) is 57.5 Å². The third kappa shape index (κ3) is 8.85. The van der Waals surface area contributed by atoms with Crippen molar-refractivity contribution in [3.05, 3.63) is 12.7 Å². The Kier molecular flexibility index (Phi) is 7.38. The van der Waals surface area contributed by atoms with E-state index in [1.165, 1.54) is 0 Å². The molecule has 0 saturated carbocycles. The molecule has 0 rings (SSSR count). The molecule has 0 aliphatic carbocycles. The SMILES string of the molecule is C=CC(=O)OC(C)(C)C.[K]. The van der Waals surface area contributed by atoms with E-state index >= 15 is 0 Å². The summed E-state index contributed by atoms with van der Waals surface area (Å²) in [6.45, 7) is 8.71. The molecule has 0 bridgehead atoms. The first kappa shape index (κ1) is 13.4. The molecule has 1 radical (unpaired) electrons. The number of esters is 1. The van der Waals surface area contributed by atoms with Crippen molar-refractivity contribution in [1.29, 1.82) is 0 Å². The number of hydrogen-bond acceptors (Lipinski definition) is 2. The van der Waals surface area contributed by atoms with Gasteiger partial charge in [-0.05, 0) is 20.8 Å². The first-order valence-electron chi connectivity index (χ1n) is 2.81. The maximum Gasteiger partial charge on any atom is 0.330 e. The van der Waals surface area contributed by atoms with E-state index in [0.29, 0.717) is 0 Å². The van der Waals surface area contributed by atoms with Gasteiger partial charge < -0.3 is 4.74 Å². The smallest absolute Gasteiger partial charge is 0.330 e. The van der Waals surface area contributed by atoms with Crippen LogP contribution in [0, 0.1) is 0 Å². The van der Waals surface area contributed by atoms with Crippen LogP contribution in [0.1, 0.15) is 20.8 Å². The largest absolute Gasteiger partial charge is 0.457 e. The van der Waals surface area contributed by atoms with E-state index in [0.717, 1.165) is 6.08 Å². The summed E-state index contributed by atoms with van der Waals surface area (Å²) in [6.07, 6.45) is 1.16. The Morgan fingerprint density at radius 1 is 1.50 bits per heavy atom. The molecule has 53 valence electrons. The molecular formula is C7H12KO2. The fourth-order valence-electron chi connectivity index (χ4n) is 0.343. The maximum atomic E-state index is 10.5. The predicted octanol–water partition coefficient (Wildman–Crippen LogP) is 1.13. The molecule has 0 unspecified atom stereocenters. The first-order chi connectivity index (χ1) is 3.95. The Hall–Kier alpha value is 0.846. The van der Waals surface area contributed by atoms with Crippen LogP contribution in [0.5, 0.6) is 0 Å². The molecule has 0 spiro atoms. The second-order valence-corrected chi connectivity index (χ2v) is 2.74. The van der Waals surface area contributed by atoms with Gasteiger partial charge in [-0.25, -0.2) is 4.79 Å². The quantitative estimate of drug-likeness (QED) is 0.332. The zero-order valence-electron chi connectivity index (χ0n) is 7.10. The molecule has 0 aliphatic rings. The van der Waals surface area contributed by atoms with Crippen molar-refractivity contribution >= 4 is 57.4 Å².